The standard InChI is InChI=1S/C14H21FO/c1-10(2)11-6-7-12(15)13(8-11)16-9-14(3,4)5/h6-8,10H,9H2,1-5H3. The predicted octanol–water partition coefficient (Wildman–Crippen LogP) is 4.37. The Morgan fingerprint density at radius 3 is 2.38 bits per heavy atom. The molecule has 1 aromatic rings. The number of benzene rings is 1. The molecule has 0 aliphatic rings. The zero-order chi connectivity index (χ0) is 12.3. The van der Waals surface area contributed by atoms with Gasteiger partial charge in [-0.25, -0.2) is 4.39 Å². The van der Waals surface area contributed by atoms with Gasteiger partial charge in [0.25, 0.3) is 0 Å². The summed E-state index contributed by atoms with van der Waals surface area (Å²) in [7, 11) is 0. The Morgan fingerprint density at radius 1 is 1.25 bits per heavy atom. The van der Waals surface area contributed by atoms with E-state index in [1.54, 1.807) is 6.07 Å². The smallest absolute Gasteiger partial charge is 0.165 e. The van der Waals surface area contributed by atoms with Crippen LogP contribution in [0.25, 0.3) is 0 Å². The third-order valence-electron chi connectivity index (χ3n) is 2.28. The van der Waals surface area contributed by atoms with Gasteiger partial charge in [-0.15, -0.1) is 0 Å². The van der Waals surface area contributed by atoms with E-state index >= 15 is 0 Å². The fourth-order valence-electron chi connectivity index (χ4n) is 1.28. The first kappa shape index (κ1) is 13.0. The molecular formula is C14H21FO. The van der Waals surface area contributed by atoms with Crippen LogP contribution >= 0.6 is 0 Å². The number of hydrogen-bond donors (Lipinski definition) is 0. The normalized spacial score (nSPS) is 11.9. The van der Waals surface area contributed by atoms with E-state index in [4.69, 9.17) is 4.74 Å². The zero-order valence-corrected chi connectivity index (χ0v) is 10.8. The highest BCUT2D eigenvalue weighted by molar-refractivity contribution is 5.32. The summed E-state index contributed by atoms with van der Waals surface area (Å²) in [4.78, 5) is 0. The van der Waals surface area contributed by atoms with Gasteiger partial charge in [-0.2, -0.15) is 0 Å². The number of hydrogen-bond acceptors (Lipinski definition) is 1. The van der Waals surface area contributed by atoms with Crippen LogP contribution in [-0.2, 0) is 0 Å². The lowest BCUT2D eigenvalue weighted by atomic mass is 9.98. The van der Waals surface area contributed by atoms with Crippen LogP contribution in [0.4, 0.5) is 4.39 Å². The minimum Gasteiger partial charge on any atom is -0.490 e. The van der Waals surface area contributed by atoms with E-state index < -0.39 is 0 Å². The summed E-state index contributed by atoms with van der Waals surface area (Å²) < 4.78 is 19.0. The van der Waals surface area contributed by atoms with E-state index in [1.165, 1.54) is 6.07 Å². The van der Waals surface area contributed by atoms with Gasteiger partial charge in [0.05, 0.1) is 6.61 Å². The molecule has 0 aromatic heterocycles. The summed E-state index contributed by atoms with van der Waals surface area (Å²) in [5, 5.41) is 0. The van der Waals surface area contributed by atoms with E-state index in [0.717, 1.165) is 5.56 Å². The zero-order valence-electron chi connectivity index (χ0n) is 10.8. The highest BCUT2D eigenvalue weighted by Crippen LogP contribution is 2.25. The molecule has 0 fully saturated rings. The Kier molecular flexibility index (Phi) is 3.95. The molecule has 0 spiro atoms. The molecule has 0 bridgehead atoms. The maximum atomic E-state index is 13.5. The molecule has 0 radical (unpaired) electrons. The Balaban J connectivity index is 2.82. The fraction of sp³-hybridized carbons (Fsp3) is 0.571. The Morgan fingerprint density at radius 2 is 1.88 bits per heavy atom. The highest BCUT2D eigenvalue weighted by atomic mass is 19.1. The van der Waals surface area contributed by atoms with Crippen molar-refractivity contribution in [1.82, 2.24) is 0 Å². The van der Waals surface area contributed by atoms with Crippen molar-refractivity contribution in [3.05, 3.63) is 29.6 Å². The summed E-state index contributed by atoms with van der Waals surface area (Å²) in [6.07, 6.45) is 0. The van der Waals surface area contributed by atoms with E-state index in [2.05, 4.69) is 34.6 Å². The van der Waals surface area contributed by atoms with Gasteiger partial charge in [0, 0.05) is 0 Å². The minimum absolute atomic E-state index is 0.0419. The van der Waals surface area contributed by atoms with Crippen LogP contribution in [0.5, 0.6) is 5.75 Å². The molecule has 0 atom stereocenters. The lowest BCUT2D eigenvalue weighted by Crippen LogP contribution is -2.17. The van der Waals surface area contributed by atoms with Crippen molar-refractivity contribution in [2.75, 3.05) is 6.61 Å². The van der Waals surface area contributed by atoms with Gasteiger partial charge in [-0.05, 0) is 29.0 Å². The van der Waals surface area contributed by atoms with Crippen molar-refractivity contribution < 1.29 is 9.13 Å². The monoisotopic (exact) mass is 224 g/mol. The van der Waals surface area contributed by atoms with Gasteiger partial charge in [-0.3, -0.25) is 0 Å². The van der Waals surface area contributed by atoms with E-state index in [0.29, 0.717) is 18.3 Å². The Hall–Kier alpha value is -1.05. The topological polar surface area (TPSA) is 9.23 Å². The summed E-state index contributed by atoms with van der Waals surface area (Å²) >= 11 is 0. The largest absolute Gasteiger partial charge is 0.490 e. The Labute approximate surface area is 97.6 Å². The van der Waals surface area contributed by atoms with Crippen LogP contribution in [0.2, 0.25) is 0 Å². The second-order valence-corrected chi connectivity index (χ2v) is 5.69. The molecule has 0 aliphatic carbocycles. The average Bonchev–Trinajstić information content (AvgIpc) is 2.14. The van der Waals surface area contributed by atoms with E-state index in [-0.39, 0.29) is 11.2 Å². The number of ether oxygens (including phenoxy) is 1. The predicted molar refractivity (Wildman–Crippen MR) is 65.4 cm³/mol. The highest BCUT2D eigenvalue weighted by Gasteiger charge is 2.13. The molecule has 0 amide bonds. The van der Waals surface area contributed by atoms with Gasteiger partial charge in [0.15, 0.2) is 11.6 Å². The van der Waals surface area contributed by atoms with E-state index in [9.17, 15) is 4.39 Å². The van der Waals surface area contributed by atoms with Crippen LogP contribution < -0.4 is 4.74 Å². The SMILES string of the molecule is CC(C)c1ccc(F)c(OCC(C)(C)C)c1. The van der Waals surface area contributed by atoms with Crippen molar-refractivity contribution in [3.8, 4) is 5.75 Å². The molecule has 90 valence electrons. The van der Waals surface area contributed by atoms with Gasteiger partial charge >= 0.3 is 0 Å². The molecular weight excluding hydrogens is 203 g/mol. The van der Waals surface area contributed by atoms with Gasteiger partial charge in [0.2, 0.25) is 0 Å². The molecule has 2 heteroatoms. The lowest BCUT2D eigenvalue weighted by Gasteiger charge is -2.19. The first-order chi connectivity index (χ1) is 7.29. The lowest BCUT2D eigenvalue weighted by molar-refractivity contribution is 0.191. The first-order valence-corrected chi connectivity index (χ1v) is 5.72. The molecule has 16 heavy (non-hydrogen) atoms. The molecule has 1 rings (SSSR count). The third-order valence-corrected chi connectivity index (χ3v) is 2.28. The second kappa shape index (κ2) is 4.86. The van der Waals surface area contributed by atoms with E-state index in [1.807, 2.05) is 6.07 Å². The van der Waals surface area contributed by atoms with Crippen molar-refractivity contribution in [2.45, 2.75) is 40.5 Å². The van der Waals surface area contributed by atoms with Crippen LogP contribution in [0, 0.1) is 11.2 Å². The quantitative estimate of drug-likeness (QED) is 0.740. The van der Waals surface area contributed by atoms with Crippen LogP contribution in [-0.4, -0.2) is 6.61 Å². The van der Waals surface area contributed by atoms with Gasteiger partial charge in [0.1, 0.15) is 0 Å². The Bertz CT molecular complexity index is 350. The maximum Gasteiger partial charge on any atom is 0.165 e. The molecule has 0 saturated carbocycles. The number of halogens is 1. The molecule has 0 saturated heterocycles. The fourth-order valence-corrected chi connectivity index (χ4v) is 1.28. The third kappa shape index (κ3) is 3.84. The van der Waals surface area contributed by atoms with Crippen LogP contribution in [0.3, 0.4) is 0 Å². The van der Waals surface area contributed by atoms with Gasteiger partial charge in [-0.1, -0.05) is 40.7 Å². The van der Waals surface area contributed by atoms with Crippen molar-refractivity contribution in [1.29, 1.82) is 0 Å². The number of rotatable bonds is 3. The molecule has 1 nitrogen and oxygen atoms in total. The second-order valence-electron chi connectivity index (χ2n) is 5.69. The average molecular weight is 224 g/mol. The van der Waals surface area contributed by atoms with Gasteiger partial charge < -0.3 is 4.74 Å². The minimum atomic E-state index is -0.284. The molecule has 1 aromatic carbocycles. The summed E-state index contributed by atoms with van der Waals surface area (Å²) in [5.74, 6) is 0.465. The van der Waals surface area contributed by atoms with Crippen molar-refractivity contribution in [2.24, 2.45) is 5.41 Å². The van der Waals surface area contributed by atoms with Crippen LogP contribution in [0.15, 0.2) is 18.2 Å². The van der Waals surface area contributed by atoms with Crippen molar-refractivity contribution in [3.63, 3.8) is 0 Å². The first-order valence-electron chi connectivity index (χ1n) is 5.72. The molecule has 0 aliphatic heterocycles. The molecule has 0 heterocycles. The van der Waals surface area contributed by atoms with Crippen LogP contribution in [0.1, 0.15) is 46.1 Å². The maximum absolute atomic E-state index is 13.5. The summed E-state index contributed by atoms with van der Waals surface area (Å²) in [6, 6.07) is 5.09. The summed E-state index contributed by atoms with van der Waals surface area (Å²) in [5.41, 5.74) is 1.14. The molecule has 0 unspecified atom stereocenters. The summed E-state index contributed by atoms with van der Waals surface area (Å²) in [6.45, 7) is 10.9. The molecule has 0 N–H and O–H groups in total. The van der Waals surface area contributed by atoms with Crippen molar-refractivity contribution >= 4 is 0 Å².